The Hall–Kier alpha value is -1.56. The molecule has 0 spiro atoms. The van der Waals surface area contributed by atoms with Crippen LogP contribution in [-0.2, 0) is 4.79 Å². The number of carboxylic acids is 1. The van der Waals surface area contributed by atoms with Crippen LogP contribution in [0.4, 0.5) is 0 Å². The van der Waals surface area contributed by atoms with Crippen LogP contribution >= 0.6 is 15.9 Å². The Morgan fingerprint density at radius 2 is 2.07 bits per heavy atom. The zero-order chi connectivity index (χ0) is 11.4. The number of carbonyl (C=O) groups excluding carboxylic acids is 1. The van der Waals surface area contributed by atoms with Gasteiger partial charge in [0.05, 0.1) is 5.56 Å². The molecule has 0 saturated carbocycles. The van der Waals surface area contributed by atoms with Gasteiger partial charge in [0.1, 0.15) is 12.3 Å². The van der Waals surface area contributed by atoms with E-state index in [0.29, 0.717) is 4.47 Å². The molecule has 0 bridgehead atoms. The lowest BCUT2D eigenvalue weighted by molar-refractivity contribution is -0.135. The molecule has 0 aliphatic carbocycles. The minimum Gasteiger partial charge on any atom is -0.507 e. The van der Waals surface area contributed by atoms with Crippen molar-refractivity contribution in [3.8, 4) is 5.75 Å². The van der Waals surface area contributed by atoms with Crippen molar-refractivity contribution < 1.29 is 19.8 Å². The van der Waals surface area contributed by atoms with E-state index in [0.717, 1.165) is 0 Å². The van der Waals surface area contributed by atoms with Crippen LogP contribution in [0, 0.1) is 0 Å². The highest BCUT2D eigenvalue weighted by molar-refractivity contribution is 9.10. The summed E-state index contributed by atoms with van der Waals surface area (Å²) in [5, 5.41) is 19.8. The van der Waals surface area contributed by atoms with E-state index < -0.39 is 18.4 Å². The number of phenolic OH excluding ortho intramolecular Hbond substituents is 1. The highest BCUT2D eigenvalue weighted by Gasteiger charge is 2.11. The zero-order valence-electron chi connectivity index (χ0n) is 7.53. The molecule has 1 amide bonds. The van der Waals surface area contributed by atoms with Crippen molar-refractivity contribution in [3.63, 3.8) is 0 Å². The maximum atomic E-state index is 11.4. The second-order valence-electron chi connectivity index (χ2n) is 2.74. The topological polar surface area (TPSA) is 86.6 Å². The molecule has 1 aromatic carbocycles. The molecule has 3 N–H and O–H groups in total. The standard InChI is InChI=1S/C9H8BrNO4/c10-5-1-2-7(12)6(3-5)9(15)11-4-8(13)14/h1-3,12H,4H2,(H,11,15)(H,13,14). The van der Waals surface area contributed by atoms with E-state index in [1.54, 1.807) is 6.07 Å². The predicted molar refractivity (Wildman–Crippen MR) is 55.8 cm³/mol. The van der Waals surface area contributed by atoms with E-state index in [4.69, 9.17) is 5.11 Å². The van der Waals surface area contributed by atoms with Gasteiger partial charge in [-0.15, -0.1) is 0 Å². The van der Waals surface area contributed by atoms with E-state index in [9.17, 15) is 14.7 Å². The minimum absolute atomic E-state index is 0.0330. The summed E-state index contributed by atoms with van der Waals surface area (Å²) in [4.78, 5) is 21.6. The molecule has 0 unspecified atom stereocenters. The first kappa shape index (κ1) is 11.5. The monoisotopic (exact) mass is 273 g/mol. The lowest BCUT2D eigenvalue weighted by atomic mass is 10.2. The third-order valence-electron chi connectivity index (χ3n) is 1.60. The molecule has 0 heterocycles. The van der Waals surface area contributed by atoms with E-state index in [1.807, 2.05) is 0 Å². The summed E-state index contributed by atoms with van der Waals surface area (Å²) in [5.74, 6) is -1.96. The van der Waals surface area contributed by atoms with E-state index in [-0.39, 0.29) is 11.3 Å². The Labute approximate surface area is 93.9 Å². The van der Waals surface area contributed by atoms with Gasteiger partial charge in [0.25, 0.3) is 5.91 Å². The zero-order valence-corrected chi connectivity index (χ0v) is 9.11. The van der Waals surface area contributed by atoms with Gasteiger partial charge in [-0.05, 0) is 18.2 Å². The molecule has 0 aliphatic rings. The number of hydrogen-bond acceptors (Lipinski definition) is 3. The van der Waals surface area contributed by atoms with E-state index >= 15 is 0 Å². The second kappa shape index (κ2) is 4.79. The molecule has 0 saturated heterocycles. The SMILES string of the molecule is O=C(O)CNC(=O)c1cc(Br)ccc1O. The largest absolute Gasteiger partial charge is 0.507 e. The highest BCUT2D eigenvalue weighted by atomic mass is 79.9. The van der Waals surface area contributed by atoms with Gasteiger partial charge in [0.15, 0.2) is 0 Å². The second-order valence-corrected chi connectivity index (χ2v) is 3.65. The van der Waals surface area contributed by atoms with Crippen molar-refractivity contribution >= 4 is 27.8 Å². The highest BCUT2D eigenvalue weighted by Crippen LogP contribution is 2.21. The van der Waals surface area contributed by atoms with Crippen LogP contribution in [0.3, 0.4) is 0 Å². The van der Waals surface area contributed by atoms with Gasteiger partial charge >= 0.3 is 5.97 Å². The van der Waals surface area contributed by atoms with Gasteiger partial charge in [-0.1, -0.05) is 15.9 Å². The smallest absolute Gasteiger partial charge is 0.322 e. The molecular weight excluding hydrogens is 266 g/mol. The normalized spacial score (nSPS) is 9.67. The molecule has 15 heavy (non-hydrogen) atoms. The van der Waals surface area contributed by atoms with E-state index in [1.165, 1.54) is 12.1 Å². The van der Waals surface area contributed by atoms with Crippen molar-refractivity contribution in [2.75, 3.05) is 6.54 Å². The lowest BCUT2D eigenvalue weighted by Gasteiger charge is -2.04. The van der Waals surface area contributed by atoms with Gasteiger partial charge in [0.2, 0.25) is 0 Å². The Balaban J connectivity index is 2.81. The maximum absolute atomic E-state index is 11.4. The average Bonchev–Trinajstić information content (AvgIpc) is 2.18. The number of rotatable bonds is 3. The fraction of sp³-hybridized carbons (Fsp3) is 0.111. The number of phenols is 1. The molecule has 1 aromatic rings. The quantitative estimate of drug-likeness (QED) is 0.766. The summed E-state index contributed by atoms with van der Waals surface area (Å²) < 4.78 is 0.626. The third-order valence-corrected chi connectivity index (χ3v) is 2.10. The number of nitrogens with one attached hydrogen (secondary N) is 1. The van der Waals surface area contributed by atoms with Crippen LogP contribution in [-0.4, -0.2) is 28.6 Å². The number of carbonyl (C=O) groups is 2. The third kappa shape index (κ3) is 3.25. The van der Waals surface area contributed by atoms with Gasteiger partial charge in [-0.2, -0.15) is 0 Å². The summed E-state index contributed by atoms with van der Waals surface area (Å²) in [5.41, 5.74) is 0.0330. The van der Waals surface area contributed by atoms with E-state index in [2.05, 4.69) is 21.2 Å². The Bertz CT molecular complexity index is 405. The van der Waals surface area contributed by atoms with Gasteiger partial charge < -0.3 is 15.5 Å². The van der Waals surface area contributed by atoms with Crippen molar-refractivity contribution in [2.24, 2.45) is 0 Å². The van der Waals surface area contributed by atoms with Crippen LogP contribution in [0.2, 0.25) is 0 Å². The van der Waals surface area contributed by atoms with Crippen molar-refractivity contribution in [2.45, 2.75) is 0 Å². The average molecular weight is 274 g/mol. The minimum atomic E-state index is -1.14. The molecule has 0 aliphatic heterocycles. The molecule has 0 radical (unpaired) electrons. The molecule has 0 aromatic heterocycles. The fourth-order valence-corrected chi connectivity index (χ4v) is 1.30. The van der Waals surface area contributed by atoms with Crippen LogP contribution in [0.25, 0.3) is 0 Å². The lowest BCUT2D eigenvalue weighted by Crippen LogP contribution is -2.29. The molecule has 1 rings (SSSR count). The van der Waals surface area contributed by atoms with Crippen LogP contribution in [0.15, 0.2) is 22.7 Å². The summed E-state index contributed by atoms with van der Waals surface area (Å²) in [7, 11) is 0. The Morgan fingerprint density at radius 1 is 1.40 bits per heavy atom. The molecule has 0 fully saturated rings. The molecule has 80 valence electrons. The fourth-order valence-electron chi connectivity index (χ4n) is 0.941. The van der Waals surface area contributed by atoms with Crippen LogP contribution in [0.1, 0.15) is 10.4 Å². The van der Waals surface area contributed by atoms with Crippen molar-refractivity contribution in [1.29, 1.82) is 0 Å². The number of aromatic hydroxyl groups is 1. The number of halogens is 1. The predicted octanol–water partition coefficient (Wildman–Crippen LogP) is 0.969. The number of carboxylic acid groups (broad SMARTS) is 1. The molecular formula is C9H8BrNO4. The maximum Gasteiger partial charge on any atom is 0.322 e. The summed E-state index contributed by atoms with van der Waals surface area (Å²) in [6.07, 6.45) is 0. The Morgan fingerprint density at radius 3 is 2.67 bits per heavy atom. The first-order chi connectivity index (χ1) is 7.00. The first-order valence-corrected chi connectivity index (χ1v) is 4.78. The van der Waals surface area contributed by atoms with Crippen LogP contribution in [0.5, 0.6) is 5.75 Å². The number of amides is 1. The number of benzene rings is 1. The molecule has 5 nitrogen and oxygen atoms in total. The van der Waals surface area contributed by atoms with Gasteiger partial charge in [0, 0.05) is 4.47 Å². The van der Waals surface area contributed by atoms with Gasteiger partial charge in [-0.3, -0.25) is 9.59 Å². The first-order valence-electron chi connectivity index (χ1n) is 3.99. The summed E-state index contributed by atoms with van der Waals surface area (Å²) in [6.45, 7) is -0.481. The van der Waals surface area contributed by atoms with Crippen molar-refractivity contribution in [1.82, 2.24) is 5.32 Å². The Kier molecular flexibility index (Phi) is 3.68. The van der Waals surface area contributed by atoms with Crippen molar-refractivity contribution in [3.05, 3.63) is 28.2 Å². The van der Waals surface area contributed by atoms with Crippen LogP contribution < -0.4 is 5.32 Å². The summed E-state index contributed by atoms with van der Waals surface area (Å²) >= 11 is 3.14. The molecule has 0 atom stereocenters. The summed E-state index contributed by atoms with van der Waals surface area (Å²) in [6, 6.07) is 4.33. The molecule has 6 heteroatoms. The van der Waals surface area contributed by atoms with Gasteiger partial charge in [-0.25, -0.2) is 0 Å². The number of hydrogen-bond donors (Lipinski definition) is 3. The number of aliphatic carboxylic acids is 1.